The van der Waals surface area contributed by atoms with E-state index >= 15 is 0 Å². The van der Waals surface area contributed by atoms with Crippen molar-refractivity contribution in [3.63, 3.8) is 0 Å². The Bertz CT molecular complexity index is 493. The zero-order valence-electron chi connectivity index (χ0n) is 12.9. The summed E-state index contributed by atoms with van der Waals surface area (Å²) in [6, 6.07) is 5.90. The Morgan fingerprint density at radius 2 is 2.05 bits per heavy atom. The molecule has 0 radical (unpaired) electrons. The third kappa shape index (κ3) is 4.21. The fourth-order valence-corrected chi connectivity index (χ4v) is 2.96. The first kappa shape index (κ1) is 15.8. The largest absolute Gasteiger partial charge is 0.484 e. The number of ether oxygens (including phenoxy) is 1. The SMILES string of the molecule is Cc1ccc(OCC(=O)NCC2(CO)CCCC2)c(C)c1. The van der Waals surface area contributed by atoms with Crippen LogP contribution in [0.5, 0.6) is 5.75 Å². The summed E-state index contributed by atoms with van der Waals surface area (Å²) in [4.78, 5) is 11.9. The van der Waals surface area contributed by atoms with Crippen molar-refractivity contribution in [1.29, 1.82) is 0 Å². The molecule has 4 nitrogen and oxygen atoms in total. The number of rotatable bonds is 6. The highest BCUT2D eigenvalue weighted by molar-refractivity contribution is 5.77. The summed E-state index contributed by atoms with van der Waals surface area (Å²) >= 11 is 0. The van der Waals surface area contributed by atoms with Gasteiger partial charge in [-0.3, -0.25) is 4.79 Å². The minimum absolute atomic E-state index is 0.0193. The van der Waals surface area contributed by atoms with Gasteiger partial charge in [0.05, 0.1) is 6.61 Å². The lowest BCUT2D eigenvalue weighted by atomic mass is 9.87. The van der Waals surface area contributed by atoms with Crippen molar-refractivity contribution in [2.24, 2.45) is 5.41 Å². The number of nitrogens with one attached hydrogen (secondary N) is 1. The number of amides is 1. The molecular weight excluding hydrogens is 266 g/mol. The molecule has 0 unspecified atom stereocenters. The number of hydrogen-bond acceptors (Lipinski definition) is 3. The van der Waals surface area contributed by atoms with Gasteiger partial charge in [0.2, 0.25) is 0 Å². The minimum atomic E-state index is -0.130. The summed E-state index contributed by atoms with van der Waals surface area (Å²) in [6.07, 6.45) is 4.24. The lowest BCUT2D eigenvalue weighted by Gasteiger charge is -2.26. The summed E-state index contributed by atoms with van der Waals surface area (Å²) in [7, 11) is 0. The van der Waals surface area contributed by atoms with Crippen LogP contribution in [-0.4, -0.2) is 30.8 Å². The second-order valence-electron chi connectivity index (χ2n) is 6.20. The molecule has 116 valence electrons. The molecule has 1 saturated carbocycles. The van der Waals surface area contributed by atoms with E-state index in [9.17, 15) is 9.90 Å². The number of carbonyl (C=O) groups excluding carboxylic acids is 1. The molecule has 2 rings (SSSR count). The van der Waals surface area contributed by atoms with Crippen molar-refractivity contribution in [3.05, 3.63) is 29.3 Å². The van der Waals surface area contributed by atoms with Crippen molar-refractivity contribution in [3.8, 4) is 5.75 Å². The van der Waals surface area contributed by atoms with Gasteiger partial charge in [0.25, 0.3) is 5.91 Å². The molecule has 1 aliphatic carbocycles. The maximum atomic E-state index is 11.9. The summed E-state index contributed by atoms with van der Waals surface area (Å²) in [5, 5.41) is 12.4. The highest BCUT2D eigenvalue weighted by Crippen LogP contribution is 2.36. The molecule has 0 bridgehead atoms. The number of aryl methyl sites for hydroxylation is 2. The molecule has 0 aromatic heterocycles. The van der Waals surface area contributed by atoms with Crippen molar-refractivity contribution >= 4 is 5.91 Å². The summed E-state index contributed by atoms with van der Waals surface area (Å²) in [6.45, 7) is 4.70. The number of carbonyl (C=O) groups is 1. The standard InChI is InChI=1S/C17H25NO3/c1-13-5-6-15(14(2)9-13)21-10-16(20)18-11-17(12-19)7-3-4-8-17/h5-6,9,19H,3-4,7-8,10-12H2,1-2H3,(H,18,20). The number of hydrogen-bond donors (Lipinski definition) is 2. The second kappa shape index (κ2) is 6.94. The maximum Gasteiger partial charge on any atom is 0.257 e. The molecule has 1 aromatic carbocycles. The van der Waals surface area contributed by atoms with Crippen molar-refractivity contribution in [2.75, 3.05) is 19.8 Å². The Labute approximate surface area is 126 Å². The fourth-order valence-electron chi connectivity index (χ4n) is 2.96. The van der Waals surface area contributed by atoms with Crippen molar-refractivity contribution in [1.82, 2.24) is 5.32 Å². The summed E-state index contributed by atoms with van der Waals surface area (Å²) < 4.78 is 5.56. The highest BCUT2D eigenvalue weighted by atomic mass is 16.5. The fraction of sp³-hybridized carbons (Fsp3) is 0.588. The Morgan fingerprint density at radius 1 is 1.33 bits per heavy atom. The number of benzene rings is 1. The van der Waals surface area contributed by atoms with E-state index in [-0.39, 0.29) is 24.5 Å². The van der Waals surface area contributed by atoms with Crippen LogP contribution in [0, 0.1) is 19.3 Å². The van der Waals surface area contributed by atoms with Crippen LogP contribution in [-0.2, 0) is 4.79 Å². The van der Waals surface area contributed by atoms with E-state index in [1.54, 1.807) is 0 Å². The van der Waals surface area contributed by atoms with Crippen LogP contribution < -0.4 is 10.1 Å². The van der Waals surface area contributed by atoms with Crippen LogP contribution in [0.3, 0.4) is 0 Å². The molecule has 1 amide bonds. The van der Waals surface area contributed by atoms with Gasteiger partial charge in [-0.05, 0) is 38.3 Å². The Morgan fingerprint density at radius 3 is 2.67 bits per heavy atom. The molecule has 0 saturated heterocycles. The van der Waals surface area contributed by atoms with Gasteiger partial charge < -0.3 is 15.2 Å². The Balaban J connectivity index is 1.79. The average Bonchev–Trinajstić information content (AvgIpc) is 2.94. The minimum Gasteiger partial charge on any atom is -0.484 e. The van der Waals surface area contributed by atoms with E-state index < -0.39 is 0 Å². The molecule has 0 atom stereocenters. The quantitative estimate of drug-likeness (QED) is 0.846. The van der Waals surface area contributed by atoms with Gasteiger partial charge in [-0.15, -0.1) is 0 Å². The number of aliphatic hydroxyl groups is 1. The Hall–Kier alpha value is -1.55. The van der Waals surface area contributed by atoms with Crippen LogP contribution >= 0.6 is 0 Å². The van der Waals surface area contributed by atoms with Gasteiger partial charge in [0.15, 0.2) is 6.61 Å². The van der Waals surface area contributed by atoms with Crippen LogP contribution in [0.25, 0.3) is 0 Å². The first-order valence-electron chi connectivity index (χ1n) is 7.62. The zero-order valence-corrected chi connectivity index (χ0v) is 12.9. The zero-order chi connectivity index (χ0) is 15.3. The van der Waals surface area contributed by atoms with Crippen LogP contribution in [0.1, 0.15) is 36.8 Å². The lowest BCUT2D eigenvalue weighted by Crippen LogP contribution is -2.40. The monoisotopic (exact) mass is 291 g/mol. The molecule has 0 aliphatic heterocycles. The summed E-state index contributed by atoms with van der Waals surface area (Å²) in [5.41, 5.74) is 2.09. The van der Waals surface area contributed by atoms with Gasteiger partial charge in [0, 0.05) is 12.0 Å². The van der Waals surface area contributed by atoms with E-state index in [4.69, 9.17) is 4.74 Å². The van der Waals surface area contributed by atoms with Gasteiger partial charge in [-0.25, -0.2) is 0 Å². The molecular formula is C17H25NO3. The van der Waals surface area contributed by atoms with Crippen LogP contribution in [0.2, 0.25) is 0 Å². The topological polar surface area (TPSA) is 58.6 Å². The molecule has 1 aliphatic rings. The normalized spacial score (nSPS) is 16.7. The van der Waals surface area contributed by atoms with E-state index in [1.807, 2.05) is 32.0 Å². The maximum absolute atomic E-state index is 11.9. The van der Waals surface area contributed by atoms with Gasteiger partial charge >= 0.3 is 0 Å². The number of aliphatic hydroxyl groups excluding tert-OH is 1. The van der Waals surface area contributed by atoms with Crippen LogP contribution in [0.4, 0.5) is 0 Å². The predicted molar refractivity (Wildman–Crippen MR) is 82.4 cm³/mol. The van der Waals surface area contributed by atoms with Crippen molar-refractivity contribution < 1.29 is 14.6 Å². The molecule has 21 heavy (non-hydrogen) atoms. The predicted octanol–water partition coefficient (Wildman–Crippen LogP) is 2.35. The first-order valence-corrected chi connectivity index (χ1v) is 7.62. The lowest BCUT2D eigenvalue weighted by molar-refractivity contribution is -0.123. The van der Waals surface area contributed by atoms with E-state index in [0.29, 0.717) is 6.54 Å². The second-order valence-corrected chi connectivity index (χ2v) is 6.20. The van der Waals surface area contributed by atoms with E-state index in [0.717, 1.165) is 37.0 Å². The Kier molecular flexibility index (Phi) is 5.23. The summed E-state index contributed by atoms with van der Waals surface area (Å²) in [5.74, 6) is 0.614. The van der Waals surface area contributed by atoms with E-state index in [1.165, 1.54) is 5.56 Å². The van der Waals surface area contributed by atoms with Gasteiger partial charge in [-0.1, -0.05) is 30.5 Å². The molecule has 1 fully saturated rings. The van der Waals surface area contributed by atoms with Gasteiger partial charge in [0.1, 0.15) is 5.75 Å². The third-order valence-corrected chi connectivity index (χ3v) is 4.35. The smallest absolute Gasteiger partial charge is 0.257 e. The van der Waals surface area contributed by atoms with Crippen LogP contribution in [0.15, 0.2) is 18.2 Å². The average molecular weight is 291 g/mol. The molecule has 2 N–H and O–H groups in total. The molecule has 1 aromatic rings. The van der Waals surface area contributed by atoms with Gasteiger partial charge in [-0.2, -0.15) is 0 Å². The third-order valence-electron chi connectivity index (χ3n) is 4.35. The van der Waals surface area contributed by atoms with Crippen molar-refractivity contribution in [2.45, 2.75) is 39.5 Å². The highest BCUT2D eigenvalue weighted by Gasteiger charge is 2.33. The first-order chi connectivity index (χ1) is 10.0. The molecule has 0 heterocycles. The molecule has 4 heteroatoms. The van der Waals surface area contributed by atoms with E-state index in [2.05, 4.69) is 5.32 Å². The molecule has 0 spiro atoms.